The van der Waals surface area contributed by atoms with Crippen LogP contribution >= 0.6 is 31.9 Å². The molecule has 6 heteroatoms. The van der Waals surface area contributed by atoms with E-state index in [1.54, 1.807) is 6.07 Å². The Kier molecular flexibility index (Phi) is 3.87. The molecule has 0 unspecified atom stereocenters. The van der Waals surface area contributed by atoms with Crippen molar-refractivity contribution in [1.82, 2.24) is 0 Å². The molecule has 0 aliphatic rings. The van der Waals surface area contributed by atoms with E-state index in [2.05, 4.69) is 37.2 Å². The summed E-state index contributed by atoms with van der Waals surface area (Å²) >= 11 is 6.26. The van der Waals surface area contributed by atoms with Crippen molar-refractivity contribution in [3.05, 3.63) is 50.9 Å². The van der Waals surface area contributed by atoms with Crippen molar-refractivity contribution in [3.8, 4) is 0 Å². The van der Waals surface area contributed by atoms with Gasteiger partial charge >= 0.3 is 0 Å². The third kappa shape index (κ3) is 2.81. The van der Waals surface area contributed by atoms with E-state index in [-0.39, 0.29) is 5.82 Å². The van der Waals surface area contributed by atoms with E-state index >= 15 is 0 Å². The van der Waals surface area contributed by atoms with E-state index in [1.807, 2.05) is 0 Å². The molecule has 0 aromatic heterocycles. The Bertz CT molecular complexity index is 603. The Morgan fingerprint density at radius 3 is 2.33 bits per heavy atom. The molecule has 3 N–H and O–H groups in total. The Labute approximate surface area is 119 Å². The molecule has 0 bridgehead atoms. The zero-order chi connectivity index (χ0) is 13.3. The third-order valence-corrected chi connectivity index (χ3v) is 3.56. The number of nitrogen functional groups attached to an aromatic ring is 1. The summed E-state index contributed by atoms with van der Waals surface area (Å²) in [5, 5.41) is 2.94. The molecule has 0 fully saturated rings. The number of halogens is 4. The van der Waals surface area contributed by atoms with Crippen LogP contribution in [0.1, 0.15) is 0 Å². The SMILES string of the molecule is Nc1cc(Br)c(F)cc1Nc1ccc(F)cc1Br. The van der Waals surface area contributed by atoms with Gasteiger partial charge in [-0.2, -0.15) is 0 Å². The van der Waals surface area contributed by atoms with E-state index in [0.29, 0.717) is 26.0 Å². The fourth-order valence-electron chi connectivity index (χ4n) is 1.41. The van der Waals surface area contributed by atoms with E-state index < -0.39 is 5.82 Å². The van der Waals surface area contributed by atoms with Crippen molar-refractivity contribution in [2.75, 3.05) is 11.1 Å². The first-order valence-corrected chi connectivity index (χ1v) is 6.52. The van der Waals surface area contributed by atoms with Gasteiger partial charge in [-0.3, -0.25) is 0 Å². The van der Waals surface area contributed by atoms with Gasteiger partial charge in [-0.25, -0.2) is 8.78 Å². The van der Waals surface area contributed by atoms with Crippen LogP contribution < -0.4 is 11.1 Å². The van der Waals surface area contributed by atoms with Crippen molar-refractivity contribution in [2.45, 2.75) is 0 Å². The number of rotatable bonds is 2. The van der Waals surface area contributed by atoms with Gasteiger partial charge < -0.3 is 11.1 Å². The number of nitrogens with one attached hydrogen (secondary N) is 1. The van der Waals surface area contributed by atoms with Crippen LogP contribution in [0.15, 0.2) is 39.3 Å². The Morgan fingerprint density at radius 2 is 1.67 bits per heavy atom. The summed E-state index contributed by atoms with van der Waals surface area (Å²) < 4.78 is 27.2. The first kappa shape index (κ1) is 13.3. The lowest BCUT2D eigenvalue weighted by atomic mass is 10.2. The summed E-state index contributed by atoms with van der Waals surface area (Å²) in [7, 11) is 0. The fraction of sp³-hybridized carbons (Fsp3) is 0. The molecule has 0 amide bonds. The van der Waals surface area contributed by atoms with Crippen molar-refractivity contribution < 1.29 is 8.78 Å². The molecule has 0 spiro atoms. The van der Waals surface area contributed by atoms with Crippen molar-refractivity contribution in [1.29, 1.82) is 0 Å². The summed E-state index contributed by atoms with van der Waals surface area (Å²) in [5.74, 6) is -0.785. The van der Waals surface area contributed by atoms with E-state index in [9.17, 15) is 8.78 Å². The predicted molar refractivity (Wildman–Crippen MR) is 75.9 cm³/mol. The van der Waals surface area contributed by atoms with E-state index in [4.69, 9.17) is 5.73 Å². The molecule has 94 valence electrons. The molecule has 0 atom stereocenters. The molecule has 0 saturated carbocycles. The first-order valence-electron chi connectivity index (χ1n) is 4.94. The van der Waals surface area contributed by atoms with Crippen LogP contribution in [0.25, 0.3) is 0 Å². The van der Waals surface area contributed by atoms with Gasteiger partial charge in [0.2, 0.25) is 0 Å². The molecular weight excluding hydrogens is 370 g/mol. The minimum atomic E-state index is -0.426. The molecule has 2 aromatic rings. The topological polar surface area (TPSA) is 38.0 Å². The van der Waals surface area contributed by atoms with Gasteiger partial charge in [-0.1, -0.05) is 0 Å². The summed E-state index contributed by atoms with van der Waals surface area (Å²) in [4.78, 5) is 0. The zero-order valence-corrected chi connectivity index (χ0v) is 12.1. The number of anilines is 3. The monoisotopic (exact) mass is 376 g/mol. The second-order valence-corrected chi connectivity index (χ2v) is 5.31. The smallest absolute Gasteiger partial charge is 0.139 e. The molecule has 0 aliphatic carbocycles. The van der Waals surface area contributed by atoms with Crippen LogP contribution in [-0.4, -0.2) is 0 Å². The van der Waals surface area contributed by atoms with Crippen LogP contribution in [0.4, 0.5) is 25.8 Å². The highest BCUT2D eigenvalue weighted by Gasteiger charge is 2.08. The van der Waals surface area contributed by atoms with Gasteiger partial charge in [-0.05, 0) is 56.1 Å². The summed E-state index contributed by atoms with van der Waals surface area (Å²) in [5.41, 5.74) is 7.18. The van der Waals surface area contributed by atoms with Crippen molar-refractivity contribution in [3.63, 3.8) is 0 Å². The van der Waals surface area contributed by atoms with E-state index in [0.717, 1.165) is 0 Å². The van der Waals surface area contributed by atoms with Gasteiger partial charge in [0.1, 0.15) is 11.6 Å². The summed E-state index contributed by atoms with van der Waals surface area (Å²) in [6, 6.07) is 6.90. The first-order chi connectivity index (χ1) is 8.47. The minimum Gasteiger partial charge on any atom is -0.397 e. The van der Waals surface area contributed by atoms with Crippen LogP contribution in [0.2, 0.25) is 0 Å². The van der Waals surface area contributed by atoms with Crippen LogP contribution in [0.5, 0.6) is 0 Å². The third-order valence-electron chi connectivity index (χ3n) is 2.29. The van der Waals surface area contributed by atoms with Gasteiger partial charge in [0.25, 0.3) is 0 Å². The van der Waals surface area contributed by atoms with Crippen LogP contribution in [0.3, 0.4) is 0 Å². The molecule has 18 heavy (non-hydrogen) atoms. The largest absolute Gasteiger partial charge is 0.397 e. The van der Waals surface area contributed by atoms with Gasteiger partial charge in [0.05, 0.1) is 21.5 Å². The second kappa shape index (κ2) is 5.24. The fourth-order valence-corrected chi connectivity index (χ4v) is 2.22. The Hall–Kier alpha value is -1.14. The highest BCUT2D eigenvalue weighted by atomic mass is 79.9. The van der Waals surface area contributed by atoms with E-state index in [1.165, 1.54) is 24.3 Å². The summed E-state index contributed by atoms with van der Waals surface area (Å²) in [6.45, 7) is 0. The lowest BCUT2D eigenvalue weighted by Gasteiger charge is -2.11. The zero-order valence-electron chi connectivity index (χ0n) is 8.98. The minimum absolute atomic E-state index is 0.295. The maximum absolute atomic E-state index is 13.4. The molecule has 0 saturated heterocycles. The number of nitrogens with two attached hydrogens (primary N) is 1. The lowest BCUT2D eigenvalue weighted by Crippen LogP contribution is -1.98. The van der Waals surface area contributed by atoms with Crippen molar-refractivity contribution in [2.24, 2.45) is 0 Å². The number of hydrogen-bond donors (Lipinski definition) is 2. The maximum atomic E-state index is 13.4. The average molecular weight is 378 g/mol. The van der Waals surface area contributed by atoms with Crippen molar-refractivity contribution >= 4 is 48.9 Å². The Morgan fingerprint density at radius 1 is 0.944 bits per heavy atom. The van der Waals surface area contributed by atoms with Gasteiger partial charge in [0, 0.05) is 10.5 Å². The second-order valence-electron chi connectivity index (χ2n) is 3.60. The summed E-state index contributed by atoms with van der Waals surface area (Å²) in [6.07, 6.45) is 0. The molecule has 0 heterocycles. The number of benzene rings is 2. The molecule has 2 rings (SSSR count). The highest BCUT2D eigenvalue weighted by Crippen LogP contribution is 2.32. The molecule has 2 aromatic carbocycles. The van der Waals surface area contributed by atoms with Crippen LogP contribution in [0, 0.1) is 11.6 Å². The number of hydrogen-bond acceptors (Lipinski definition) is 2. The average Bonchev–Trinajstić information content (AvgIpc) is 2.29. The van der Waals surface area contributed by atoms with Crippen LogP contribution in [-0.2, 0) is 0 Å². The highest BCUT2D eigenvalue weighted by molar-refractivity contribution is 9.10. The standard InChI is InChI=1S/C12H8Br2F2N2/c13-7-4-10(17)12(5-9(7)16)18-11-2-1-6(15)3-8(11)14/h1-5,18H,17H2. The molecule has 0 aliphatic heterocycles. The predicted octanol–water partition coefficient (Wildman–Crippen LogP) is 4.82. The molecule has 2 nitrogen and oxygen atoms in total. The normalized spacial score (nSPS) is 10.4. The molecular formula is C12H8Br2F2N2. The van der Waals surface area contributed by atoms with Gasteiger partial charge in [-0.15, -0.1) is 0 Å². The van der Waals surface area contributed by atoms with Gasteiger partial charge in [0.15, 0.2) is 0 Å². The maximum Gasteiger partial charge on any atom is 0.139 e. The molecule has 0 radical (unpaired) electrons. The quantitative estimate of drug-likeness (QED) is 0.736. The Balaban J connectivity index is 2.37. The lowest BCUT2D eigenvalue weighted by molar-refractivity contribution is 0.622.